The highest BCUT2D eigenvalue weighted by Gasteiger charge is 1.99. The zero-order valence-corrected chi connectivity index (χ0v) is 6.93. The third kappa shape index (κ3) is 4.34. The molecule has 0 heterocycles. The molecule has 0 aromatic heterocycles. The first-order valence-electron chi connectivity index (χ1n) is 3.90. The summed E-state index contributed by atoms with van der Waals surface area (Å²) in [5.74, 6) is 0. The van der Waals surface area contributed by atoms with Crippen molar-refractivity contribution >= 4 is 0 Å². The fourth-order valence-corrected chi connectivity index (χ4v) is 0.936. The Labute approximate surface area is 63.7 Å². The second-order valence-corrected chi connectivity index (χ2v) is 2.32. The molecule has 2 heteroatoms. The minimum absolute atomic E-state index is 0.647. The van der Waals surface area contributed by atoms with E-state index in [1.54, 1.807) is 0 Å². The van der Waals surface area contributed by atoms with Crippen molar-refractivity contribution in [1.82, 2.24) is 4.90 Å². The highest BCUT2D eigenvalue weighted by Crippen LogP contribution is 1.89. The minimum Gasteiger partial charge on any atom is -0.316 e. The summed E-state index contributed by atoms with van der Waals surface area (Å²) in [6.07, 6.45) is 1.19. The smallest absolute Gasteiger partial charge is 0.227 e. The van der Waals surface area contributed by atoms with Gasteiger partial charge >= 0.3 is 0 Å². The topological polar surface area (TPSA) is 7.60 Å². The molecule has 0 saturated heterocycles. The van der Waals surface area contributed by atoms with E-state index in [1.807, 2.05) is 0 Å². The van der Waals surface area contributed by atoms with E-state index in [1.165, 1.54) is 6.42 Å². The zero-order valence-electron chi connectivity index (χ0n) is 6.93. The summed E-state index contributed by atoms with van der Waals surface area (Å²) in [4.78, 5) is 5.62. The lowest BCUT2D eigenvalue weighted by molar-refractivity contribution is 0.302. The molecule has 0 rings (SSSR count). The quantitative estimate of drug-likeness (QED) is 0.527. The van der Waals surface area contributed by atoms with Gasteiger partial charge in [-0.2, -0.15) is 0 Å². The molecule has 0 radical (unpaired) electrons. The molecule has 0 atom stereocenters. The lowest BCUT2D eigenvalue weighted by Crippen LogP contribution is -2.26. The molecule has 0 aliphatic carbocycles. The van der Waals surface area contributed by atoms with E-state index in [0.717, 1.165) is 19.6 Å². The summed E-state index contributed by atoms with van der Waals surface area (Å²) in [5, 5.41) is 0. The Hall–Kier alpha value is -0.550. The van der Waals surface area contributed by atoms with Crippen LogP contribution in [0, 0.1) is 6.57 Å². The zero-order chi connectivity index (χ0) is 7.82. The molecule has 2 nitrogen and oxygen atoms in total. The Kier molecular flexibility index (Phi) is 6.21. The van der Waals surface area contributed by atoms with Crippen LogP contribution in [-0.2, 0) is 0 Å². The highest BCUT2D eigenvalue weighted by atomic mass is 15.1. The summed E-state index contributed by atoms with van der Waals surface area (Å²) in [6.45, 7) is 14.7. The van der Waals surface area contributed by atoms with Gasteiger partial charge in [-0.05, 0) is 19.5 Å². The second-order valence-electron chi connectivity index (χ2n) is 2.32. The van der Waals surface area contributed by atoms with Crippen molar-refractivity contribution in [2.24, 2.45) is 0 Å². The van der Waals surface area contributed by atoms with Crippen molar-refractivity contribution in [2.45, 2.75) is 20.3 Å². The molecule has 0 saturated carbocycles. The fourth-order valence-electron chi connectivity index (χ4n) is 0.936. The lowest BCUT2D eigenvalue weighted by Gasteiger charge is -2.15. The van der Waals surface area contributed by atoms with Crippen molar-refractivity contribution in [3.05, 3.63) is 11.4 Å². The van der Waals surface area contributed by atoms with Crippen LogP contribution in [0.25, 0.3) is 4.85 Å². The number of hydrogen-bond acceptors (Lipinski definition) is 1. The van der Waals surface area contributed by atoms with Crippen LogP contribution in [0.3, 0.4) is 0 Å². The number of hydrogen-bond donors (Lipinski definition) is 0. The average molecular weight is 140 g/mol. The van der Waals surface area contributed by atoms with Crippen LogP contribution < -0.4 is 0 Å². The largest absolute Gasteiger partial charge is 0.316 e. The maximum Gasteiger partial charge on any atom is 0.227 e. The fraction of sp³-hybridized carbons (Fsp3) is 0.875. The lowest BCUT2D eigenvalue weighted by atomic mass is 10.4. The van der Waals surface area contributed by atoms with Gasteiger partial charge in [0.05, 0.1) is 6.54 Å². The molecule has 0 N–H and O–H groups in total. The predicted octanol–water partition coefficient (Wildman–Crippen LogP) is 1.64. The van der Waals surface area contributed by atoms with E-state index in [4.69, 9.17) is 6.57 Å². The normalized spacial score (nSPS) is 9.80. The first-order valence-corrected chi connectivity index (χ1v) is 3.90. The van der Waals surface area contributed by atoms with Crippen LogP contribution in [-0.4, -0.2) is 31.1 Å². The van der Waals surface area contributed by atoms with Gasteiger partial charge in [-0.1, -0.05) is 13.8 Å². The van der Waals surface area contributed by atoms with Crippen LogP contribution in [0.1, 0.15) is 20.3 Å². The molecule has 10 heavy (non-hydrogen) atoms. The van der Waals surface area contributed by atoms with Gasteiger partial charge in [0.25, 0.3) is 0 Å². The van der Waals surface area contributed by atoms with Crippen LogP contribution in [0.5, 0.6) is 0 Å². The molecule has 58 valence electrons. The first-order chi connectivity index (χ1) is 4.85. The monoisotopic (exact) mass is 140 g/mol. The average Bonchev–Trinajstić information content (AvgIpc) is 1.98. The Morgan fingerprint density at radius 2 is 2.00 bits per heavy atom. The van der Waals surface area contributed by atoms with Gasteiger partial charge in [-0.3, -0.25) is 4.90 Å². The molecule has 0 aliphatic heterocycles. The van der Waals surface area contributed by atoms with Crippen molar-refractivity contribution in [1.29, 1.82) is 0 Å². The number of nitrogens with zero attached hydrogens (tertiary/aromatic N) is 2. The highest BCUT2D eigenvalue weighted by molar-refractivity contribution is 4.63. The van der Waals surface area contributed by atoms with Crippen molar-refractivity contribution in [3.63, 3.8) is 0 Å². The van der Waals surface area contributed by atoms with Crippen molar-refractivity contribution < 1.29 is 0 Å². The summed E-state index contributed by atoms with van der Waals surface area (Å²) in [6, 6.07) is 0. The van der Waals surface area contributed by atoms with E-state index in [9.17, 15) is 0 Å². The van der Waals surface area contributed by atoms with Gasteiger partial charge in [0, 0.05) is 0 Å². The minimum atomic E-state index is 0.647. The number of rotatable bonds is 5. The van der Waals surface area contributed by atoms with E-state index in [-0.39, 0.29) is 0 Å². The van der Waals surface area contributed by atoms with Gasteiger partial charge in [0.2, 0.25) is 6.54 Å². The predicted molar refractivity (Wildman–Crippen MR) is 43.9 cm³/mol. The van der Waals surface area contributed by atoms with Gasteiger partial charge in [0.1, 0.15) is 0 Å². The Balaban J connectivity index is 3.32. The Morgan fingerprint density at radius 1 is 1.30 bits per heavy atom. The molecule has 0 unspecified atom stereocenters. The maximum atomic E-state index is 6.60. The molecule has 0 aromatic carbocycles. The Morgan fingerprint density at radius 3 is 2.40 bits per heavy atom. The second kappa shape index (κ2) is 6.57. The SMILES string of the molecule is [C-]#[N+]CCN(CC)CCC. The van der Waals surface area contributed by atoms with Crippen LogP contribution in [0.15, 0.2) is 0 Å². The Bertz CT molecular complexity index is 104. The molecular weight excluding hydrogens is 124 g/mol. The molecule has 0 amide bonds. The van der Waals surface area contributed by atoms with Gasteiger partial charge in [-0.25, -0.2) is 6.57 Å². The van der Waals surface area contributed by atoms with E-state index < -0.39 is 0 Å². The summed E-state index contributed by atoms with van der Waals surface area (Å²) in [5.41, 5.74) is 0. The van der Waals surface area contributed by atoms with Gasteiger partial charge < -0.3 is 4.85 Å². The van der Waals surface area contributed by atoms with Gasteiger partial charge in [-0.15, -0.1) is 0 Å². The van der Waals surface area contributed by atoms with Crippen LogP contribution in [0.2, 0.25) is 0 Å². The van der Waals surface area contributed by atoms with E-state index >= 15 is 0 Å². The third-order valence-electron chi connectivity index (χ3n) is 1.52. The molecule has 0 spiro atoms. The van der Waals surface area contributed by atoms with Crippen molar-refractivity contribution in [3.8, 4) is 0 Å². The summed E-state index contributed by atoms with van der Waals surface area (Å²) in [7, 11) is 0. The van der Waals surface area contributed by atoms with E-state index in [0.29, 0.717) is 6.54 Å². The van der Waals surface area contributed by atoms with Gasteiger partial charge in [0.15, 0.2) is 0 Å². The maximum absolute atomic E-state index is 6.60. The first kappa shape index (κ1) is 9.45. The summed E-state index contributed by atoms with van der Waals surface area (Å²) < 4.78 is 0. The molecule has 0 aliphatic rings. The number of likely N-dealkylation sites (N-methyl/N-ethyl adjacent to an activating group) is 1. The standard InChI is InChI=1S/C8H16N2/c1-4-7-10(5-2)8-6-9-3/h4-8H2,1-2H3. The van der Waals surface area contributed by atoms with Crippen LogP contribution in [0.4, 0.5) is 0 Å². The molecule has 0 aromatic rings. The van der Waals surface area contributed by atoms with E-state index in [2.05, 4.69) is 23.6 Å². The summed E-state index contributed by atoms with van der Waals surface area (Å²) >= 11 is 0. The van der Waals surface area contributed by atoms with Crippen LogP contribution >= 0.6 is 0 Å². The molecular formula is C8H16N2. The third-order valence-corrected chi connectivity index (χ3v) is 1.52. The molecule has 0 fully saturated rings. The molecule has 0 bridgehead atoms. The van der Waals surface area contributed by atoms with Crippen molar-refractivity contribution in [2.75, 3.05) is 26.2 Å².